The maximum Gasteiger partial charge on any atom is 0.338 e. The SMILES string of the molecule is CC(=O)OCC12C(OC(C)=O)C(OC(C)=O)CC(C)(O)C13OC(C)(C)C(C(OC(=O)c1ccccc1)C2OC(=O)c1ccccc1)C3OC(C)=O. The monoisotopic (exact) mass is 710 g/mol. The van der Waals surface area contributed by atoms with Gasteiger partial charge in [0.05, 0.1) is 28.2 Å². The van der Waals surface area contributed by atoms with E-state index in [9.17, 15) is 33.9 Å². The van der Waals surface area contributed by atoms with Crippen LogP contribution in [0.2, 0.25) is 0 Å². The van der Waals surface area contributed by atoms with Crippen LogP contribution in [0.15, 0.2) is 60.7 Å². The first-order chi connectivity index (χ1) is 23.9. The van der Waals surface area contributed by atoms with Crippen LogP contribution in [0.5, 0.6) is 0 Å². The molecule has 9 atom stereocenters. The van der Waals surface area contributed by atoms with Crippen molar-refractivity contribution in [2.24, 2.45) is 11.3 Å². The van der Waals surface area contributed by atoms with Gasteiger partial charge in [0.2, 0.25) is 0 Å². The molecular formula is C37H42O14. The molecule has 1 saturated heterocycles. The lowest BCUT2D eigenvalue weighted by Crippen LogP contribution is -2.85. The Kier molecular flexibility index (Phi) is 10.1. The number of rotatable bonds is 9. The molecule has 0 radical (unpaired) electrons. The molecule has 1 aliphatic heterocycles. The molecule has 14 heteroatoms. The van der Waals surface area contributed by atoms with Gasteiger partial charge in [-0.15, -0.1) is 0 Å². The third-order valence-electron chi connectivity index (χ3n) is 9.96. The van der Waals surface area contributed by atoms with E-state index in [0.29, 0.717) is 0 Å². The van der Waals surface area contributed by atoms with Gasteiger partial charge < -0.3 is 38.3 Å². The summed E-state index contributed by atoms with van der Waals surface area (Å²) in [4.78, 5) is 79.3. The Balaban J connectivity index is 1.90. The zero-order valence-electron chi connectivity index (χ0n) is 29.4. The van der Waals surface area contributed by atoms with Crippen molar-refractivity contribution >= 4 is 35.8 Å². The summed E-state index contributed by atoms with van der Waals surface area (Å²) in [6, 6.07) is 15.7. The lowest BCUT2D eigenvalue weighted by Gasteiger charge is -2.66. The van der Waals surface area contributed by atoms with Crippen LogP contribution in [0, 0.1) is 11.3 Å². The van der Waals surface area contributed by atoms with Gasteiger partial charge in [0.25, 0.3) is 0 Å². The molecule has 9 unspecified atom stereocenters. The van der Waals surface area contributed by atoms with Gasteiger partial charge in [-0.3, -0.25) is 19.2 Å². The van der Waals surface area contributed by atoms with Crippen LogP contribution in [-0.2, 0) is 52.3 Å². The first-order valence-corrected chi connectivity index (χ1v) is 16.5. The second-order valence-electron chi connectivity index (χ2n) is 13.9. The molecule has 1 heterocycles. The highest BCUT2D eigenvalue weighted by molar-refractivity contribution is 5.90. The Morgan fingerprint density at radius 2 is 1.16 bits per heavy atom. The minimum atomic E-state index is -2.30. The molecule has 2 aromatic carbocycles. The number of fused-ring (bicyclic) bond motifs is 1. The fourth-order valence-electron chi connectivity index (χ4n) is 8.39. The predicted octanol–water partition coefficient (Wildman–Crippen LogP) is 3.11. The van der Waals surface area contributed by atoms with Gasteiger partial charge in [0, 0.05) is 34.1 Å². The van der Waals surface area contributed by atoms with Crippen molar-refractivity contribution in [1.29, 1.82) is 0 Å². The lowest BCUT2D eigenvalue weighted by molar-refractivity contribution is -0.362. The second kappa shape index (κ2) is 13.7. The van der Waals surface area contributed by atoms with Gasteiger partial charge in [-0.25, -0.2) is 9.59 Å². The topological polar surface area (TPSA) is 187 Å². The van der Waals surface area contributed by atoms with E-state index in [2.05, 4.69) is 0 Å². The van der Waals surface area contributed by atoms with Crippen molar-refractivity contribution in [3.05, 3.63) is 71.8 Å². The van der Waals surface area contributed by atoms with Crippen LogP contribution in [0.4, 0.5) is 0 Å². The van der Waals surface area contributed by atoms with E-state index >= 15 is 0 Å². The van der Waals surface area contributed by atoms with Crippen molar-refractivity contribution in [2.75, 3.05) is 6.61 Å². The van der Waals surface area contributed by atoms with Crippen molar-refractivity contribution in [3.8, 4) is 0 Å². The summed E-state index contributed by atoms with van der Waals surface area (Å²) in [5.74, 6) is -6.35. The third-order valence-corrected chi connectivity index (χ3v) is 9.96. The molecular weight excluding hydrogens is 668 g/mol. The van der Waals surface area contributed by atoms with Crippen LogP contribution in [-0.4, -0.2) is 94.9 Å². The van der Waals surface area contributed by atoms with Crippen LogP contribution >= 0.6 is 0 Å². The summed E-state index contributed by atoms with van der Waals surface area (Å²) in [6.07, 6.45) is -8.55. The maximum absolute atomic E-state index is 14.1. The van der Waals surface area contributed by atoms with Crippen molar-refractivity contribution in [2.45, 2.75) is 102 Å². The summed E-state index contributed by atoms with van der Waals surface area (Å²) >= 11 is 0. The van der Waals surface area contributed by atoms with Crippen molar-refractivity contribution in [3.63, 3.8) is 0 Å². The Morgan fingerprint density at radius 1 is 0.667 bits per heavy atom. The second-order valence-corrected chi connectivity index (χ2v) is 13.9. The first kappa shape index (κ1) is 37.4. The summed E-state index contributed by atoms with van der Waals surface area (Å²) < 4.78 is 42.9. The molecule has 1 spiro atoms. The van der Waals surface area contributed by atoms with Crippen LogP contribution in [0.3, 0.4) is 0 Å². The van der Waals surface area contributed by atoms with Gasteiger partial charge in [0.1, 0.15) is 30.3 Å². The Bertz CT molecular complexity index is 1690. The Labute approximate surface area is 294 Å². The van der Waals surface area contributed by atoms with E-state index in [-0.39, 0.29) is 11.1 Å². The van der Waals surface area contributed by atoms with Gasteiger partial charge >= 0.3 is 35.8 Å². The predicted molar refractivity (Wildman–Crippen MR) is 174 cm³/mol. The largest absolute Gasteiger partial charge is 0.465 e. The van der Waals surface area contributed by atoms with Gasteiger partial charge in [0.15, 0.2) is 17.8 Å². The van der Waals surface area contributed by atoms with E-state index in [0.717, 1.165) is 27.7 Å². The van der Waals surface area contributed by atoms with Crippen LogP contribution in [0.1, 0.15) is 75.6 Å². The molecule has 0 aromatic heterocycles. The minimum Gasteiger partial charge on any atom is -0.465 e. The summed E-state index contributed by atoms with van der Waals surface area (Å²) in [5.41, 5.74) is -8.01. The number of carbonyl (C=O) groups is 6. The van der Waals surface area contributed by atoms with E-state index in [1.54, 1.807) is 50.2 Å². The molecule has 5 rings (SSSR count). The standard InChI is InChI=1S/C37H42O14/c1-20(38)45-19-36-29(47-22(3)40)26(46-21(2)39)18-35(7,44)37(36)30(48-23(4)41)27(34(5,6)51-37)28(49-32(42)24-14-10-8-11-15-24)31(36)50-33(43)25-16-12-9-13-17-25/h8-17,26-31,44H,18-19H2,1-7H3. The molecule has 2 aliphatic carbocycles. The molecule has 1 N–H and O–H groups in total. The highest BCUT2D eigenvalue weighted by Crippen LogP contribution is 2.69. The van der Waals surface area contributed by atoms with Crippen molar-refractivity contribution in [1.82, 2.24) is 0 Å². The number of benzene rings is 2. The molecule has 0 amide bonds. The van der Waals surface area contributed by atoms with E-state index in [1.807, 2.05) is 0 Å². The highest BCUT2D eigenvalue weighted by Gasteiger charge is 2.89. The normalized spacial score (nSPS) is 33.1. The molecule has 274 valence electrons. The molecule has 2 bridgehead atoms. The molecule has 2 saturated carbocycles. The van der Waals surface area contributed by atoms with E-state index in [1.165, 1.54) is 31.2 Å². The zero-order valence-corrected chi connectivity index (χ0v) is 29.4. The fraction of sp³-hybridized carbons (Fsp3) is 0.514. The number of ether oxygens (including phenoxy) is 7. The van der Waals surface area contributed by atoms with E-state index < -0.39 is 107 Å². The highest BCUT2D eigenvalue weighted by atomic mass is 16.7. The Morgan fingerprint density at radius 3 is 1.65 bits per heavy atom. The maximum atomic E-state index is 14.1. The summed E-state index contributed by atoms with van der Waals surface area (Å²) in [7, 11) is 0. The van der Waals surface area contributed by atoms with Crippen molar-refractivity contribution < 1.29 is 67.0 Å². The summed E-state index contributed by atoms with van der Waals surface area (Å²) in [6.45, 7) is 8.15. The molecule has 51 heavy (non-hydrogen) atoms. The first-order valence-electron chi connectivity index (χ1n) is 16.5. The van der Waals surface area contributed by atoms with Crippen LogP contribution in [0.25, 0.3) is 0 Å². The van der Waals surface area contributed by atoms with Gasteiger partial charge in [-0.2, -0.15) is 0 Å². The third kappa shape index (κ3) is 6.46. The molecule has 3 aliphatic rings. The average molecular weight is 711 g/mol. The number of hydrogen-bond acceptors (Lipinski definition) is 14. The van der Waals surface area contributed by atoms with Crippen LogP contribution < -0.4 is 0 Å². The molecule has 14 nitrogen and oxygen atoms in total. The average Bonchev–Trinajstić information content (AvgIpc) is 3.24. The fourth-order valence-corrected chi connectivity index (χ4v) is 8.39. The van der Waals surface area contributed by atoms with Gasteiger partial charge in [-0.1, -0.05) is 36.4 Å². The Hall–Kier alpha value is -4.82. The smallest absolute Gasteiger partial charge is 0.338 e. The zero-order chi connectivity index (χ0) is 37.5. The number of esters is 6. The lowest BCUT2D eigenvalue weighted by atomic mass is 9.45. The number of aliphatic hydroxyl groups is 1. The molecule has 2 aromatic rings. The van der Waals surface area contributed by atoms with E-state index in [4.69, 9.17) is 33.2 Å². The minimum absolute atomic E-state index is 0.0695. The number of hydrogen-bond donors (Lipinski definition) is 1. The molecule has 3 fully saturated rings. The quantitative estimate of drug-likeness (QED) is 0.295. The summed E-state index contributed by atoms with van der Waals surface area (Å²) in [5, 5.41) is 12.7. The number of carbonyl (C=O) groups excluding carboxylic acids is 6. The van der Waals surface area contributed by atoms with Gasteiger partial charge in [-0.05, 0) is 45.0 Å².